The molecule has 2 N–H and O–H groups in total. The third-order valence-electron chi connectivity index (χ3n) is 6.81. The third-order valence-corrected chi connectivity index (χ3v) is 6.81. The number of rotatable bonds is 8. The zero-order valence-electron chi connectivity index (χ0n) is 25.7. The van der Waals surface area contributed by atoms with E-state index in [0.717, 1.165) is 40.4 Å². The number of hydrogen-bond donors (Lipinski definition) is 2. The van der Waals surface area contributed by atoms with E-state index in [9.17, 15) is 0 Å². The largest absolute Gasteiger partial charge is 0.457 e. The van der Waals surface area contributed by atoms with Crippen LogP contribution in [0.3, 0.4) is 0 Å². The summed E-state index contributed by atoms with van der Waals surface area (Å²) in [6.45, 7) is 12.4. The zero-order chi connectivity index (χ0) is 29.6. The number of anilines is 3. The Morgan fingerprint density at radius 2 is 1.68 bits per heavy atom. The second-order valence-electron chi connectivity index (χ2n) is 9.99. The second-order valence-corrected chi connectivity index (χ2v) is 9.99. The van der Waals surface area contributed by atoms with E-state index < -0.39 is 0 Å². The summed E-state index contributed by atoms with van der Waals surface area (Å²) in [4.78, 5) is 22.0. The molecular weight excluding hydrogens is 510 g/mol. The van der Waals surface area contributed by atoms with Gasteiger partial charge in [0.05, 0.1) is 11.9 Å². The first-order valence-electron chi connectivity index (χ1n) is 14.8. The van der Waals surface area contributed by atoms with Gasteiger partial charge in [0.25, 0.3) is 0 Å². The van der Waals surface area contributed by atoms with Gasteiger partial charge in [0.15, 0.2) is 5.82 Å². The van der Waals surface area contributed by atoms with Crippen LogP contribution < -0.4 is 15.4 Å². The van der Waals surface area contributed by atoms with Gasteiger partial charge < -0.3 is 15.4 Å². The molecule has 1 unspecified atom stereocenters. The summed E-state index contributed by atoms with van der Waals surface area (Å²) >= 11 is 0. The van der Waals surface area contributed by atoms with E-state index >= 15 is 0 Å². The van der Waals surface area contributed by atoms with Crippen LogP contribution in [0.2, 0.25) is 0 Å². The van der Waals surface area contributed by atoms with Crippen LogP contribution >= 0.6 is 0 Å². The Balaban J connectivity index is 0.000000586. The minimum Gasteiger partial charge on any atom is -0.457 e. The fourth-order valence-corrected chi connectivity index (χ4v) is 4.16. The van der Waals surface area contributed by atoms with Crippen molar-refractivity contribution in [2.45, 2.75) is 80.1 Å². The lowest BCUT2D eigenvalue weighted by Gasteiger charge is -2.13. The number of aliphatic imine (C=N–C) groups is 1. The predicted molar refractivity (Wildman–Crippen MR) is 172 cm³/mol. The molecule has 1 atom stereocenters. The molecule has 2 heterocycles. The molecule has 1 aliphatic carbocycles. The standard InChI is InChI=1S/C26H29N7O.C5H10.C2H6/c1-6-16(2)13-28-21-12-20(9-7-17(21)3)34-23-10-8-19(11-18(23)4)32-25-24-22(30-15-31-25)14-29-26(27-5)33-24;1-2-4-5-3-1;1-2/h7-16H,6H2,1-5H3,(H,27,29,33)(H,30,31,32);1-5H2;1-2H3. The molecular formula is C33H45N7O. The van der Waals surface area contributed by atoms with E-state index in [1.807, 2.05) is 63.4 Å². The fourth-order valence-electron chi connectivity index (χ4n) is 4.16. The van der Waals surface area contributed by atoms with Crippen molar-refractivity contribution in [3.8, 4) is 11.5 Å². The Kier molecular flexibility index (Phi) is 12.5. The molecule has 0 saturated heterocycles. The van der Waals surface area contributed by atoms with E-state index in [2.05, 4.69) is 56.3 Å². The van der Waals surface area contributed by atoms with E-state index in [4.69, 9.17) is 4.74 Å². The topological polar surface area (TPSA) is 97.2 Å². The Bertz CT molecular complexity index is 1410. The number of aromatic nitrogens is 4. The molecule has 0 aliphatic heterocycles. The molecule has 2 aromatic carbocycles. The van der Waals surface area contributed by atoms with Crippen LogP contribution in [0.4, 0.5) is 23.1 Å². The first kappa shape index (κ1) is 31.5. The van der Waals surface area contributed by atoms with Gasteiger partial charge in [-0.15, -0.1) is 0 Å². The van der Waals surface area contributed by atoms with Crippen LogP contribution in [0, 0.1) is 19.8 Å². The van der Waals surface area contributed by atoms with Crippen molar-refractivity contribution in [3.05, 3.63) is 60.0 Å². The highest BCUT2D eigenvalue weighted by Gasteiger charge is 2.10. The summed E-state index contributed by atoms with van der Waals surface area (Å²) in [6, 6.07) is 11.9. The Hall–Kier alpha value is -4.07. The monoisotopic (exact) mass is 555 g/mol. The van der Waals surface area contributed by atoms with Crippen LogP contribution in [-0.4, -0.2) is 33.2 Å². The average molecular weight is 556 g/mol. The summed E-state index contributed by atoms with van der Waals surface area (Å²) in [5.74, 6) is 3.09. The summed E-state index contributed by atoms with van der Waals surface area (Å²) in [7, 11) is 1.77. The molecule has 2 aromatic heterocycles. The van der Waals surface area contributed by atoms with Gasteiger partial charge in [-0.3, -0.25) is 4.99 Å². The van der Waals surface area contributed by atoms with E-state index in [1.54, 1.807) is 13.2 Å². The summed E-state index contributed by atoms with van der Waals surface area (Å²) in [6.07, 6.45) is 13.7. The third kappa shape index (κ3) is 9.23. The van der Waals surface area contributed by atoms with Gasteiger partial charge in [0.2, 0.25) is 5.95 Å². The lowest BCUT2D eigenvalue weighted by molar-refractivity contribution is 0.479. The number of fused-ring (bicyclic) bond motifs is 1. The lowest BCUT2D eigenvalue weighted by atomic mass is 10.1. The maximum atomic E-state index is 6.19. The molecule has 218 valence electrons. The van der Waals surface area contributed by atoms with Gasteiger partial charge in [-0.1, -0.05) is 65.9 Å². The van der Waals surface area contributed by atoms with Crippen molar-refractivity contribution in [2.24, 2.45) is 10.9 Å². The van der Waals surface area contributed by atoms with Crippen molar-refractivity contribution < 1.29 is 4.74 Å². The minimum absolute atomic E-state index is 0.439. The average Bonchev–Trinajstić information content (AvgIpc) is 3.60. The molecule has 1 saturated carbocycles. The Morgan fingerprint density at radius 1 is 0.951 bits per heavy atom. The van der Waals surface area contributed by atoms with Crippen molar-refractivity contribution in [1.82, 2.24) is 19.9 Å². The van der Waals surface area contributed by atoms with Gasteiger partial charge in [-0.2, -0.15) is 0 Å². The maximum absolute atomic E-state index is 6.19. The molecule has 1 aliphatic rings. The number of nitrogens with one attached hydrogen (secondary N) is 2. The van der Waals surface area contributed by atoms with Gasteiger partial charge in [-0.25, -0.2) is 19.9 Å². The number of nitrogens with zero attached hydrogens (tertiary/aromatic N) is 5. The molecule has 4 aromatic rings. The molecule has 0 spiro atoms. The van der Waals surface area contributed by atoms with Crippen LogP contribution in [-0.2, 0) is 0 Å². The molecule has 1 fully saturated rings. The van der Waals surface area contributed by atoms with Crippen LogP contribution in [0.5, 0.6) is 11.5 Å². The van der Waals surface area contributed by atoms with E-state index in [0.29, 0.717) is 28.7 Å². The van der Waals surface area contributed by atoms with Gasteiger partial charge >= 0.3 is 0 Å². The fraction of sp³-hybridized carbons (Fsp3) is 0.424. The number of aryl methyl sites for hydroxylation is 2. The van der Waals surface area contributed by atoms with Gasteiger partial charge in [0, 0.05) is 25.0 Å². The molecule has 5 rings (SSSR count). The molecule has 8 heteroatoms. The van der Waals surface area contributed by atoms with Crippen molar-refractivity contribution >= 4 is 40.4 Å². The molecule has 41 heavy (non-hydrogen) atoms. The minimum atomic E-state index is 0.439. The zero-order valence-corrected chi connectivity index (χ0v) is 25.7. The molecule has 0 radical (unpaired) electrons. The van der Waals surface area contributed by atoms with Crippen LogP contribution in [0.1, 0.15) is 77.3 Å². The van der Waals surface area contributed by atoms with Crippen molar-refractivity contribution in [1.29, 1.82) is 0 Å². The lowest BCUT2D eigenvalue weighted by Crippen LogP contribution is -2.01. The Labute approximate surface area is 245 Å². The second kappa shape index (κ2) is 16.3. The Morgan fingerprint density at radius 3 is 2.34 bits per heavy atom. The number of ether oxygens (including phenoxy) is 1. The van der Waals surface area contributed by atoms with E-state index in [-0.39, 0.29) is 0 Å². The van der Waals surface area contributed by atoms with Gasteiger partial charge in [-0.05, 0) is 61.6 Å². The smallest absolute Gasteiger partial charge is 0.223 e. The van der Waals surface area contributed by atoms with E-state index in [1.165, 1.54) is 38.4 Å². The SMILES string of the molecule is C1CCCC1.CC.CCC(C)C=Nc1cc(Oc2ccc(Nc3ncnc4cnc(NC)nc34)cc2C)ccc1C. The highest BCUT2D eigenvalue weighted by molar-refractivity contribution is 5.87. The normalized spacial score (nSPS) is 13.1. The highest BCUT2D eigenvalue weighted by atomic mass is 16.5. The quantitative estimate of drug-likeness (QED) is 0.209. The first-order valence-corrected chi connectivity index (χ1v) is 14.8. The number of hydrogen-bond acceptors (Lipinski definition) is 8. The maximum Gasteiger partial charge on any atom is 0.223 e. The van der Waals surface area contributed by atoms with Crippen molar-refractivity contribution in [3.63, 3.8) is 0 Å². The molecule has 0 amide bonds. The summed E-state index contributed by atoms with van der Waals surface area (Å²) < 4.78 is 6.19. The van der Waals surface area contributed by atoms with Crippen LogP contribution in [0.15, 0.2) is 53.9 Å². The first-order chi connectivity index (χ1) is 20.0. The van der Waals surface area contributed by atoms with Crippen LogP contribution in [0.25, 0.3) is 11.0 Å². The summed E-state index contributed by atoms with van der Waals surface area (Å²) in [5.41, 5.74) is 5.21. The highest BCUT2D eigenvalue weighted by Crippen LogP contribution is 2.32. The van der Waals surface area contributed by atoms with Crippen molar-refractivity contribution in [2.75, 3.05) is 17.7 Å². The number of benzene rings is 2. The molecule has 0 bridgehead atoms. The summed E-state index contributed by atoms with van der Waals surface area (Å²) in [5, 5.41) is 6.28. The predicted octanol–water partition coefficient (Wildman–Crippen LogP) is 9.34. The van der Waals surface area contributed by atoms with Gasteiger partial charge in [0.1, 0.15) is 28.9 Å². The molecule has 8 nitrogen and oxygen atoms in total.